The van der Waals surface area contributed by atoms with Gasteiger partial charge >= 0.3 is 0 Å². The number of carbonyl (C=O) groups excluding carboxylic acids is 2. The van der Waals surface area contributed by atoms with Crippen molar-refractivity contribution in [3.8, 4) is 0 Å². The van der Waals surface area contributed by atoms with Gasteiger partial charge in [-0.3, -0.25) is 9.59 Å². The van der Waals surface area contributed by atoms with Crippen LogP contribution in [0.5, 0.6) is 0 Å². The minimum Gasteiger partial charge on any atom is -0.388 e. The zero-order chi connectivity index (χ0) is 10.1. The maximum atomic E-state index is 11.1. The van der Waals surface area contributed by atoms with Crippen molar-refractivity contribution in [2.24, 2.45) is 0 Å². The molecule has 1 aromatic rings. The van der Waals surface area contributed by atoms with Gasteiger partial charge in [0.05, 0.1) is 6.42 Å². The van der Waals surface area contributed by atoms with Gasteiger partial charge in [0.25, 0.3) is 0 Å². The first kappa shape index (κ1) is 8.90. The lowest BCUT2D eigenvalue weighted by Crippen LogP contribution is -2.04. The molecule has 0 unspecified atom stereocenters. The Morgan fingerprint density at radius 2 is 2.29 bits per heavy atom. The summed E-state index contributed by atoms with van der Waals surface area (Å²) in [4.78, 5) is 22.1. The number of aliphatic hydroxyl groups excluding tert-OH is 1. The van der Waals surface area contributed by atoms with Crippen LogP contribution in [-0.4, -0.2) is 23.4 Å². The lowest BCUT2D eigenvalue weighted by molar-refractivity contribution is -0.115. The molecule has 14 heavy (non-hydrogen) atoms. The van der Waals surface area contributed by atoms with E-state index in [1.54, 1.807) is 18.2 Å². The number of amides is 1. The summed E-state index contributed by atoms with van der Waals surface area (Å²) >= 11 is 0. The highest BCUT2D eigenvalue weighted by molar-refractivity contribution is 6.02. The van der Waals surface area contributed by atoms with E-state index in [1.165, 1.54) is 0 Å². The Bertz CT molecular complexity index is 412. The van der Waals surface area contributed by atoms with Crippen LogP contribution in [0.3, 0.4) is 0 Å². The van der Waals surface area contributed by atoms with Gasteiger partial charge in [0.2, 0.25) is 5.91 Å². The number of Topliss-reactive ketones (excluding diaryl/α,β-unsaturated/α-hetero) is 1. The van der Waals surface area contributed by atoms with Gasteiger partial charge in [0.15, 0.2) is 5.78 Å². The van der Waals surface area contributed by atoms with Gasteiger partial charge in [-0.15, -0.1) is 0 Å². The number of nitrogens with one attached hydrogen (secondary N) is 1. The van der Waals surface area contributed by atoms with Gasteiger partial charge in [0, 0.05) is 11.3 Å². The monoisotopic (exact) mass is 191 g/mol. The number of hydrogen-bond acceptors (Lipinski definition) is 3. The molecule has 0 radical (unpaired) electrons. The number of carbonyl (C=O) groups is 2. The highest BCUT2D eigenvalue weighted by Crippen LogP contribution is 2.23. The van der Waals surface area contributed by atoms with Crippen molar-refractivity contribution >= 4 is 17.4 Å². The van der Waals surface area contributed by atoms with Crippen LogP contribution in [-0.2, 0) is 11.2 Å². The number of aliphatic hydroxyl groups is 1. The zero-order valence-electron chi connectivity index (χ0n) is 7.41. The van der Waals surface area contributed by atoms with E-state index in [-0.39, 0.29) is 11.7 Å². The third-order valence-corrected chi connectivity index (χ3v) is 2.20. The van der Waals surface area contributed by atoms with Crippen LogP contribution >= 0.6 is 0 Å². The fourth-order valence-electron chi connectivity index (χ4n) is 1.49. The van der Waals surface area contributed by atoms with Crippen LogP contribution in [0.15, 0.2) is 18.2 Å². The molecule has 0 aromatic heterocycles. The van der Waals surface area contributed by atoms with E-state index in [1.807, 2.05) is 0 Å². The third kappa shape index (κ3) is 1.40. The molecule has 72 valence electrons. The van der Waals surface area contributed by atoms with Crippen molar-refractivity contribution in [3.63, 3.8) is 0 Å². The summed E-state index contributed by atoms with van der Waals surface area (Å²) in [6.07, 6.45) is 0.307. The Balaban J connectivity index is 2.37. The van der Waals surface area contributed by atoms with Crippen molar-refractivity contribution in [1.82, 2.24) is 0 Å². The maximum Gasteiger partial charge on any atom is 0.228 e. The Kier molecular flexibility index (Phi) is 2.05. The van der Waals surface area contributed by atoms with Crippen LogP contribution in [0.4, 0.5) is 5.69 Å². The normalized spacial score (nSPS) is 13.6. The van der Waals surface area contributed by atoms with Crippen LogP contribution in [0.2, 0.25) is 0 Å². The Morgan fingerprint density at radius 3 is 3.00 bits per heavy atom. The van der Waals surface area contributed by atoms with E-state index < -0.39 is 6.61 Å². The molecule has 0 fully saturated rings. The molecule has 1 heterocycles. The smallest absolute Gasteiger partial charge is 0.228 e. The fourth-order valence-corrected chi connectivity index (χ4v) is 1.49. The molecular weight excluding hydrogens is 182 g/mol. The van der Waals surface area contributed by atoms with E-state index in [9.17, 15) is 9.59 Å². The molecule has 0 bridgehead atoms. The average molecular weight is 191 g/mol. The fraction of sp³-hybridized carbons (Fsp3) is 0.200. The molecule has 0 atom stereocenters. The van der Waals surface area contributed by atoms with Crippen molar-refractivity contribution in [1.29, 1.82) is 0 Å². The van der Waals surface area contributed by atoms with E-state index in [0.717, 1.165) is 11.3 Å². The number of anilines is 1. The molecule has 1 aliphatic rings. The lowest BCUT2D eigenvalue weighted by atomic mass is 10.1. The molecule has 2 rings (SSSR count). The molecule has 4 heteroatoms. The summed E-state index contributed by atoms with van der Waals surface area (Å²) in [6, 6.07) is 4.93. The first-order valence-corrected chi connectivity index (χ1v) is 4.27. The maximum absolute atomic E-state index is 11.1. The Hall–Kier alpha value is -1.68. The number of fused-ring (bicyclic) bond motifs is 1. The highest BCUT2D eigenvalue weighted by atomic mass is 16.3. The molecule has 0 saturated heterocycles. The van der Waals surface area contributed by atoms with Crippen molar-refractivity contribution < 1.29 is 14.7 Å². The second-order valence-electron chi connectivity index (χ2n) is 3.18. The van der Waals surface area contributed by atoms with Gasteiger partial charge < -0.3 is 10.4 Å². The predicted octanol–water partition coefficient (Wildman–Crippen LogP) is 0.356. The van der Waals surface area contributed by atoms with Crippen molar-refractivity contribution in [2.75, 3.05) is 11.9 Å². The highest BCUT2D eigenvalue weighted by Gasteiger charge is 2.18. The molecule has 2 N–H and O–H groups in total. The van der Waals surface area contributed by atoms with Gasteiger partial charge in [-0.1, -0.05) is 0 Å². The number of benzene rings is 1. The first-order chi connectivity index (χ1) is 6.70. The minimum atomic E-state index is -0.500. The molecule has 1 aromatic carbocycles. The minimum absolute atomic E-state index is 0.0615. The largest absolute Gasteiger partial charge is 0.388 e. The molecule has 1 amide bonds. The van der Waals surface area contributed by atoms with E-state index in [0.29, 0.717) is 12.0 Å². The summed E-state index contributed by atoms with van der Waals surface area (Å²) in [5, 5.41) is 11.3. The van der Waals surface area contributed by atoms with E-state index in [2.05, 4.69) is 5.32 Å². The summed E-state index contributed by atoms with van der Waals surface area (Å²) in [6.45, 7) is -0.500. The second-order valence-corrected chi connectivity index (χ2v) is 3.18. The molecular formula is C10H9NO3. The summed E-state index contributed by atoms with van der Waals surface area (Å²) in [5.74, 6) is -0.388. The Morgan fingerprint density at radius 1 is 1.50 bits per heavy atom. The SMILES string of the molecule is O=C1Cc2cc(C(=O)CO)ccc2N1. The summed E-state index contributed by atoms with van der Waals surface area (Å²) in [5.41, 5.74) is 2.02. The number of hydrogen-bond donors (Lipinski definition) is 2. The third-order valence-electron chi connectivity index (χ3n) is 2.20. The van der Waals surface area contributed by atoms with E-state index >= 15 is 0 Å². The molecule has 4 nitrogen and oxygen atoms in total. The van der Waals surface area contributed by atoms with Crippen molar-refractivity contribution in [3.05, 3.63) is 29.3 Å². The summed E-state index contributed by atoms with van der Waals surface area (Å²) < 4.78 is 0. The van der Waals surface area contributed by atoms with Crippen LogP contribution in [0.25, 0.3) is 0 Å². The number of rotatable bonds is 2. The number of ketones is 1. The topological polar surface area (TPSA) is 66.4 Å². The van der Waals surface area contributed by atoms with Crippen molar-refractivity contribution in [2.45, 2.75) is 6.42 Å². The Labute approximate surface area is 80.6 Å². The quantitative estimate of drug-likeness (QED) is 0.663. The summed E-state index contributed by atoms with van der Waals surface area (Å²) in [7, 11) is 0. The van der Waals surface area contributed by atoms with Crippen LogP contribution in [0, 0.1) is 0 Å². The molecule has 1 aliphatic heterocycles. The van der Waals surface area contributed by atoms with Crippen LogP contribution in [0.1, 0.15) is 15.9 Å². The van der Waals surface area contributed by atoms with Gasteiger partial charge in [0.1, 0.15) is 6.61 Å². The molecule has 0 spiro atoms. The van der Waals surface area contributed by atoms with Gasteiger partial charge in [-0.05, 0) is 23.8 Å². The molecule has 0 saturated carbocycles. The van der Waals surface area contributed by atoms with Crippen LogP contribution < -0.4 is 5.32 Å². The second kappa shape index (κ2) is 3.23. The standard InChI is InChI=1S/C10H9NO3/c12-5-9(13)6-1-2-8-7(3-6)4-10(14)11-8/h1-3,12H,4-5H2,(H,11,14). The first-order valence-electron chi connectivity index (χ1n) is 4.27. The average Bonchev–Trinajstić information content (AvgIpc) is 2.55. The predicted molar refractivity (Wildman–Crippen MR) is 50.2 cm³/mol. The zero-order valence-corrected chi connectivity index (χ0v) is 7.41. The lowest BCUT2D eigenvalue weighted by Gasteiger charge is -2.00. The van der Waals surface area contributed by atoms with Gasteiger partial charge in [-0.25, -0.2) is 0 Å². The van der Waals surface area contributed by atoms with Gasteiger partial charge in [-0.2, -0.15) is 0 Å². The molecule has 0 aliphatic carbocycles. The van der Waals surface area contributed by atoms with E-state index in [4.69, 9.17) is 5.11 Å².